The summed E-state index contributed by atoms with van der Waals surface area (Å²) >= 11 is 0. The minimum atomic E-state index is -0.152. The highest BCUT2D eigenvalue weighted by Crippen LogP contribution is 2.05. The van der Waals surface area contributed by atoms with Gasteiger partial charge in [0.2, 0.25) is 0 Å². The van der Waals surface area contributed by atoms with Gasteiger partial charge in [0, 0.05) is 6.42 Å². The minimum absolute atomic E-state index is 0.152. The van der Waals surface area contributed by atoms with Crippen molar-refractivity contribution in [3.05, 3.63) is 0 Å². The summed E-state index contributed by atoms with van der Waals surface area (Å²) in [6.45, 7) is 2.63. The van der Waals surface area contributed by atoms with Crippen LogP contribution >= 0.6 is 0 Å². The van der Waals surface area contributed by atoms with Crippen LogP contribution in [0.15, 0.2) is 0 Å². The second kappa shape index (κ2) is 5.23. The molecule has 0 bridgehead atoms. The summed E-state index contributed by atoms with van der Waals surface area (Å²) < 4.78 is 4.49. The van der Waals surface area contributed by atoms with Crippen molar-refractivity contribution in [2.45, 2.75) is 19.8 Å². The van der Waals surface area contributed by atoms with Crippen LogP contribution in [0.2, 0.25) is 0 Å². The Kier molecular flexibility index (Phi) is 4.94. The van der Waals surface area contributed by atoms with Crippen molar-refractivity contribution in [2.75, 3.05) is 13.7 Å². The Bertz CT molecular complexity index is 104. The van der Waals surface area contributed by atoms with Gasteiger partial charge in [-0.1, -0.05) is 6.92 Å². The molecule has 0 aliphatic heterocycles. The molecule has 0 saturated carbocycles. The zero-order chi connectivity index (χ0) is 7.98. The molecule has 0 heterocycles. The maximum atomic E-state index is 10.6. The largest absolute Gasteiger partial charge is 0.469 e. The summed E-state index contributed by atoms with van der Waals surface area (Å²) in [5, 5.41) is 0. The van der Waals surface area contributed by atoms with Gasteiger partial charge in [0.05, 0.1) is 7.11 Å². The SMILES string of the molecule is COC(=O)CC(C)CCN. The van der Waals surface area contributed by atoms with E-state index >= 15 is 0 Å². The fraction of sp³-hybridized carbons (Fsp3) is 0.857. The number of carbonyl (C=O) groups is 1. The van der Waals surface area contributed by atoms with Gasteiger partial charge in [-0.05, 0) is 18.9 Å². The number of hydrogen-bond acceptors (Lipinski definition) is 3. The lowest BCUT2D eigenvalue weighted by Crippen LogP contribution is -2.11. The van der Waals surface area contributed by atoms with Crippen LogP contribution in [-0.2, 0) is 9.53 Å². The van der Waals surface area contributed by atoms with E-state index in [2.05, 4.69) is 4.74 Å². The van der Waals surface area contributed by atoms with Crippen molar-refractivity contribution in [1.82, 2.24) is 0 Å². The van der Waals surface area contributed by atoms with Crippen molar-refractivity contribution in [1.29, 1.82) is 0 Å². The number of carbonyl (C=O) groups excluding carboxylic acids is 1. The number of ether oxygens (including phenoxy) is 1. The molecule has 60 valence electrons. The van der Waals surface area contributed by atoms with Crippen LogP contribution < -0.4 is 5.73 Å². The summed E-state index contributed by atoms with van der Waals surface area (Å²) in [6, 6.07) is 0. The number of methoxy groups -OCH3 is 1. The lowest BCUT2D eigenvalue weighted by atomic mass is 10.0. The molecule has 0 saturated heterocycles. The van der Waals surface area contributed by atoms with Gasteiger partial charge in [-0.2, -0.15) is 0 Å². The molecule has 0 aromatic carbocycles. The third-order valence-corrected chi connectivity index (χ3v) is 1.40. The van der Waals surface area contributed by atoms with Crippen LogP contribution in [0.25, 0.3) is 0 Å². The van der Waals surface area contributed by atoms with E-state index in [1.165, 1.54) is 7.11 Å². The lowest BCUT2D eigenvalue weighted by Gasteiger charge is -2.06. The Morgan fingerprint density at radius 3 is 2.70 bits per heavy atom. The molecule has 1 unspecified atom stereocenters. The first-order valence-electron chi connectivity index (χ1n) is 3.47. The van der Waals surface area contributed by atoms with Crippen LogP contribution in [0, 0.1) is 5.92 Å². The summed E-state index contributed by atoms with van der Waals surface area (Å²) in [4.78, 5) is 10.6. The highest BCUT2D eigenvalue weighted by atomic mass is 16.5. The molecule has 3 heteroatoms. The van der Waals surface area contributed by atoms with E-state index in [-0.39, 0.29) is 5.97 Å². The normalized spacial score (nSPS) is 12.7. The fourth-order valence-corrected chi connectivity index (χ4v) is 0.754. The van der Waals surface area contributed by atoms with Crippen molar-refractivity contribution >= 4 is 5.97 Å². The number of rotatable bonds is 4. The van der Waals surface area contributed by atoms with E-state index in [9.17, 15) is 4.79 Å². The highest BCUT2D eigenvalue weighted by Gasteiger charge is 2.06. The zero-order valence-corrected chi connectivity index (χ0v) is 6.59. The molecule has 10 heavy (non-hydrogen) atoms. The van der Waals surface area contributed by atoms with Gasteiger partial charge in [0.25, 0.3) is 0 Å². The predicted octanol–water partition coefficient (Wildman–Crippen LogP) is 0.534. The molecule has 1 atom stereocenters. The van der Waals surface area contributed by atoms with E-state index in [1.54, 1.807) is 0 Å². The second-order valence-electron chi connectivity index (χ2n) is 2.46. The quantitative estimate of drug-likeness (QED) is 0.587. The minimum Gasteiger partial charge on any atom is -0.469 e. The summed E-state index contributed by atoms with van der Waals surface area (Å²) in [5.74, 6) is 0.193. The molecule has 3 nitrogen and oxygen atoms in total. The molecule has 0 amide bonds. The van der Waals surface area contributed by atoms with Crippen molar-refractivity contribution in [3.63, 3.8) is 0 Å². The standard InChI is InChI=1S/C7H15NO2/c1-6(3-4-8)5-7(9)10-2/h6H,3-5,8H2,1-2H3. The molecule has 2 N–H and O–H groups in total. The maximum Gasteiger partial charge on any atom is 0.305 e. The Balaban J connectivity index is 3.37. The average molecular weight is 145 g/mol. The van der Waals surface area contributed by atoms with Gasteiger partial charge < -0.3 is 10.5 Å². The lowest BCUT2D eigenvalue weighted by molar-refractivity contribution is -0.141. The first-order chi connectivity index (χ1) is 4.70. The van der Waals surface area contributed by atoms with Crippen molar-refractivity contribution in [2.24, 2.45) is 11.7 Å². The first-order valence-corrected chi connectivity index (χ1v) is 3.47. The van der Waals surface area contributed by atoms with Crippen LogP contribution in [0.5, 0.6) is 0 Å². The predicted molar refractivity (Wildman–Crippen MR) is 39.5 cm³/mol. The maximum absolute atomic E-state index is 10.6. The molecule has 0 rings (SSSR count). The molecule has 0 aliphatic rings. The molecule has 0 aliphatic carbocycles. The Morgan fingerprint density at radius 2 is 2.30 bits per heavy atom. The van der Waals surface area contributed by atoms with Crippen LogP contribution in [0.4, 0.5) is 0 Å². The van der Waals surface area contributed by atoms with Gasteiger partial charge in [0.15, 0.2) is 0 Å². The van der Waals surface area contributed by atoms with Gasteiger partial charge in [-0.25, -0.2) is 0 Å². The highest BCUT2D eigenvalue weighted by molar-refractivity contribution is 5.69. The summed E-state index contributed by atoms with van der Waals surface area (Å²) in [7, 11) is 1.40. The molecular weight excluding hydrogens is 130 g/mol. The van der Waals surface area contributed by atoms with E-state index in [1.807, 2.05) is 6.92 Å². The summed E-state index contributed by atoms with van der Waals surface area (Å²) in [6.07, 6.45) is 1.36. The van der Waals surface area contributed by atoms with Gasteiger partial charge in [-0.3, -0.25) is 4.79 Å². The third-order valence-electron chi connectivity index (χ3n) is 1.40. The van der Waals surface area contributed by atoms with Gasteiger partial charge in [0.1, 0.15) is 0 Å². The van der Waals surface area contributed by atoms with Gasteiger partial charge >= 0.3 is 5.97 Å². The van der Waals surface area contributed by atoms with E-state index < -0.39 is 0 Å². The zero-order valence-electron chi connectivity index (χ0n) is 6.59. The fourth-order valence-electron chi connectivity index (χ4n) is 0.754. The summed E-state index contributed by atoms with van der Waals surface area (Å²) in [5.41, 5.74) is 5.29. The number of esters is 1. The Hall–Kier alpha value is -0.570. The Morgan fingerprint density at radius 1 is 1.70 bits per heavy atom. The topological polar surface area (TPSA) is 52.3 Å². The molecule has 0 aromatic heterocycles. The Labute approximate surface area is 61.5 Å². The van der Waals surface area contributed by atoms with E-state index in [0.717, 1.165) is 6.42 Å². The number of nitrogens with two attached hydrogens (primary N) is 1. The average Bonchev–Trinajstić information content (AvgIpc) is 1.88. The number of hydrogen-bond donors (Lipinski definition) is 1. The third kappa shape index (κ3) is 4.32. The molecule has 0 fully saturated rings. The van der Waals surface area contributed by atoms with Crippen molar-refractivity contribution in [3.8, 4) is 0 Å². The second-order valence-corrected chi connectivity index (χ2v) is 2.46. The van der Waals surface area contributed by atoms with Crippen LogP contribution in [0.3, 0.4) is 0 Å². The molecular formula is C7H15NO2. The van der Waals surface area contributed by atoms with E-state index in [0.29, 0.717) is 18.9 Å². The monoisotopic (exact) mass is 145 g/mol. The van der Waals surface area contributed by atoms with Crippen molar-refractivity contribution < 1.29 is 9.53 Å². The van der Waals surface area contributed by atoms with Crippen LogP contribution in [0.1, 0.15) is 19.8 Å². The molecule has 0 aromatic rings. The van der Waals surface area contributed by atoms with E-state index in [4.69, 9.17) is 5.73 Å². The molecule has 0 radical (unpaired) electrons. The van der Waals surface area contributed by atoms with Gasteiger partial charge in [-0.15, -0.1) is 0 Å². The smallest absolute Gasteiger partial charge is 0.305 e. The van der Waals surface area contributed by atoms with Crippen LogP contribution in [-0.4, -0.2) is 19.6 Å². The molecule has 0 spiro atoms. The first kappa shape index (κ1) is 9.43.